The molecule has 0 aliphatic rings. The molecule has 0 N–H and O–H groups in total. The summed E-state index contributed by atoms with van der Waals surface area (Å²) in [4.78, 5) is 38.4. The van der Waals surface area contributed by atoms with Gasteiger partial charge in [0.1, 0.15) is 13.2 Å². The van der Waals surface area contributed by atoms with E-state index < -0.39 is 6.10 Å². The highest BCUT2D eigenvalue weighted by Gasteiger charge is 2.20. The SMILES string of the molecule is CCCCCCCCCC/C=C\CCCCCCCCCCCCCCCCCCCCCC(=O)OCC(COC(=O)CCCCCCCCCCCCC)OC(=O)CCCCCCCCCCC/C=C\CCCCCCCCCC. The van der Waals surface area contributed by atoms with Gasteiger partial charge in [-0.05, 0) is 70.6 Å². The van der Waals surface area contributed by atoms with Crippen LogP contribution in [0.3, 0.4) is 0 Å². The number of hydrogen-bond acceptors (Lipinski definition) is 6. The number of hydrogen-bond donors (Lipinski definition) is 0. The lowest BCUT2D eigenvalue weighted by Crippen LogP contribution is -2.30. The number of carbonyl (C=O) groups excluding carboxylic acids is 3. The topological polar surface area (TPSA) is 78.9 Å². The summed E-state index contributed by atoms with van der Waals surface area (Å²) in [6, 6.07) is 0. The molecule has 1 unspecified atom stereocenters. The highest BCUT2D eigenvalue weighted by atomic mass is 16.6. The Bertz CT molecular complexity index is 1310. The fraction of sp³-hybridized carbons (Fsp3) is 0.907. The Morgan fingerprint density at radius 3 is 0.617 bits per heavy atom. The Morgan fingerprint density at radius 2 is 0.407 bits per heavy atom. The van der Waals surface area contributed by atoms with Gasteiger partial charge in [0.05, 0.1) is 0 Å². The Kier molecular flexibility index (Phi) is 68.5. The van der Waals surface area contributed by atoms with E-state index in [1.54, 1.807) is 0 Å². The monoisotopic (exact) mass is 1140 g/mol. The number of rotatable bonds is 69. The van der Waals surface area contributed by atoms with E-state index in [4.69, 9.17) is 14.2 Å². The van der Waals surface area contributed by atoms with Crippen LogP contribution in [0, 0.1) is 0 Å². The third-order valence-corrected chi connectivity index (χ3v) is 16.9. The van der Waals surface area contributed by atoms with Crippen molar-refractivity contribution < 1.29 is 28.6 Å². The number of ether oxygens (including phenoxy) is 3. The lowest BCUT2D eigenvalue weighted by Gasteiger charge is -2.18. The molecular weight excluding hydrogens is 997 g/mol. The molecule has 0 aromatic rings. The van der Waals surface area contributed by atoms with Gasteiger partial charge >= 0.3 is 17.9 Å². The minimum absolute atomic E-state index is 0.0655. The van der Waals surface area contributed by atoms with Crippen LogP contribution in [0.15, 0.2) is 24.3 Å². The molecule has 0 aromatic heterocycles. The zero-order chi connectivity index (χ0) is 58.5. The average molecular weight is 1140 g/mol. The van der Waals surface area contributed by atoms with Gasteiger partial charge in [-0.15, -0.1) is 0 Å². The third kappa shape index (κ3) is 68.6. The Hall–Kier alpha value is -2.11. The molecular formula is C75H142O6. The summed E-state index contributed by atoms with van der Waals surface area (Å²) in [6.07, 6.45) is 86.6. The van der Waals surface area contributed by atoms with Crippen molar-refractivity contribution in [3.05, 3.63) is 24.3 Å². The quantitative estimate of drug-likeness (QED) is 0.0261. The molecule has 0 rings (SSSR count). The fourth-order valence-electron chi connectivity index (χ4n) is 11.4. The summed E-state index contributed by atoms with van der Waals surface area (Å²) < 4.78 is 17.0. The molecule has 0 saturated carbocycles. The second-order valence-corrected chi connectivity index (χ2v) is 25.2. The van der Waals surface area contributed by atoms with E-state index in [0.717, 1.165) is 57.8 Å². The molecule has 1 atom stereocenters. The van der Waals surface area contributed by atoms with E-state index in [1.807, 2.05) is 0 Å². The van der Waals surface area contributed by atoms with Crippen molar-refractivity contribution in [2.75, 3.05) is 13.2 Å². The summed E-state index contributed by atoms with van der Waals surface area (Å²) in [6.45, 7) is 6.71. The Morgan fingerprint density at radius 1 is 0.235 bits per heavy atom. The first-order valence-corrected chi connectivity index (χ1v) is 36.8. The number of esters is 3. The van der Waals surface area contributed by atoms with E-state index in [0.29, 0.717) is 19.3 Å². The highest BCUT2D eigenvalue weighted by Crippen LogP contribution is 2.19. The first-order chi connectivity index (χ1) is 40.0. The van der Waals surface area contributed by atoms with Crippen LogP contribution in [0.25, 0.3) is 0 Å². The normalized spacial score (nSPS) is 12.1. The summed E-state index contributed by atoms with van der Waals surface area (Å²) >= 11 is 0. The maximum absolute atomic E-state index is 12.9. The molecule has 0 bridgehead atoms. The van der Waals surface area contributed by atoms with Crippen LogP contribution in [-0.4, -0.2) is 37.2 Å². The zero-order valence-electron chi connectivity index (χ0n) is 55.1. The third-order valence-electron chi connectivity index (χ3n) is 16.9. The van der Waals surface area contributed by atoms with E-state index in [2.05, 4.69) is 45.1 Å². The minimum Gasteiger partial charge on any atom is -0.462 e. The summed E-state index contributed by atoms with van der Waals surface area (Å²) in [5, 5.41) is 0. The molecule has 0 aliphatic heterocycles. The number of allylic oxidation sites excluding steroid dienone is 4. The van der Waals surface area contributed by atoms with Crippen molar-refractivity contribution >= 4 is 17.9 Å². The predicted molar refractivity (Wildman–Crippen MR) is 353 cm³/mol. The van der Waals surface area contributed by atoms with Gasteiger partial charge in [0, 0.05) is 19.3 Å². The second-order valence-electron chi connectivity index (χ2n) is 25.2. The lowest BCUT2D eigenvalue weighted by molar-refractivity contribution is -0.167. The molecule has 478 valence electrons. The van der Waals surface area contributed by atoms with Crippen molar-refractivity contribution in [2.24, 2.45) is 0 Å². The van der Waals surface area contributed by atoms with Crippen molar-refractivity contribution in [3.8, 4) is 0 Å². The van der Waals surface area contributed by atoms with Crippen LogP contribution >= 0.6 is 0 Å². The van der Waals surface area contributed by atoms with Crippen molar-refractivity contribution in [1.29, 1.82) is 0 Å². The van der Waals surface area contributed by atoms with Crippen molar-refractivity contribution in [3.63, 3.8) is 0 Å². The summed E-state index contributed by atoms with van der Waals surface area (Å²) in [5.74, 6) is -0.836. The van der Waals surface area contributed by atoms with Crippen LogP contribution in [0.2, 0.25) is 0 Å². The van der Waals surface area contributed by atoms with E-state index >= 15 is 0 Å². The fourth-order valence-corrected chi connectivity index (χ4v) is 11.4. The largest absolute Gasteiger partial charge is 0.462 e. The maximum Gasteiger partial charge on any atom is 0.306 e. The molecule has 0 saturated heterocycles. The van der Waals surface area contributed by atoms with Crippen molar-refractivity contribution in [1.82, 2.24) is 0 Å². The van der Waals surface area contributed by atoms with Gasteiger partial charge in [0.2, 0.25) is 0 Å². The molecule has 0 aromatic carbocycles. The van der Waals surface area contributed by atoms with Gasteiger partial charge < -0.3 is 14.2 Å². The van der Waals surface area contributed by atoms with Crippen LogP contribution in [-0.2, 0) is 28.6 Å². The van der Waals surface area contributed by atoms with Gasteiger partial charge in [-0.3, -0.25) is 14.4 Å². The number of unbranched alkanes of at least 4 members (excludes halogenated alkanes) is 54. The van der Waals surface area contributed by atoms with Crippen LogP contribution < -0.4 is 0 Å². The first kappa shape index (κ1) is 78.9. The summed E-state index contributed by atoms with van der Waals surface area (Å²) in [5.41, 5.74) is 0. The molecule has 0 heterocycles. The predicted octanol–water partition coefficient (Wildman–Crippen LogP) is 25.3. The van der Waals surface area contributed by atoms with E-state index in [-0.39, 0.29) is 31.1 Å². The average Bonchev–Trinajstić information content (AvgIpc) is 3.47. The zero-order valence-corrected chi connectivity index (χ0v) is 55.1. The Labute approximate surface area is 506 Å². The van der Waals surface area contributed by atoms with Crippen molar-refractivity contribution in [2.45, 2.75) is 425 Å². The van der Waals surface area contributed by atoms with Gasteiger partial charge in [-0.25, -0.2) is 0 Å². The van der Waals surface area contributed by atoms with Gasteiger partial charge in [-0.2, -0.15) is 0 Å². The Balaban J connectivity index is 4.10. The van der Waals surface area contributed by atoms with Crippen LogP contribution in [0.4, 0.5) is 0 Å². The second kappa shape index (κ2) is 70.4. The van der Waals surface area contributed by atoms with Gasteiger partial charge in [0.25, 0.3) is 0 Å². The number of carbonyl (C=O) groups is 3. The molecule has 0 spiro atoms. The minimum atomic E-state index is -0.769. The smallest absolute Gasteiger partial charge is 0.306 e. The molecule has 81 heavy (non-hydrogen) atoms. The van der Waals surface area contributed by atoms with Gasteiger partial charge in [0.15, 0.2) is 6.10 Å². The molecule has 0 aliphatic carbocycles. The molecule has 6 nitrogen and oxygen atoms in total. The first-order valence-electron chi connectivity index (χ1n) is 36.8. The molecule has 6 heteroatoms. The van der Waals surface area contributed by atoms with E-state index in [9.17, 15) is 14.4 Å². The summed E-state index contributed by atoms with van der Waals surface area (Å²) in [7, 11) is 0. The van der Waals surface area contributed by atoms with Crippen LogP contribution in [0.5, 0.6) is 0 Å². The lowest BCUT2D eigenvalue weighted by atomic mass is 10.0. The molecule has 0 amide bonds. The van der Waals surface area contributed by atoms with Gasteiger partial charge in [-0.1, -0.05) is 353 Å². The molecule has 0 radical (unpaired) electrons. The molecule has 0 fully saturated rings. The maximum atomic E-state index is 12.9. The van der Waals surface area contributed by atoms with E-state index in [1.165, 1.54) is 321 Å². The van der Waals surface area contributed by atoms with Crippen LogP contribution in [0.1, 0.15) is 419 Å². The highest BCUT2D eigenvalue weighted by molar-refractivity contribution is 5.71. The standard InChI is InChI=1S/C75H142O6/c1-4-7-10-13-16-19-22-24-26-28-30-32-33-34-35-36-37-38-39-40-41-43-44-46-48-50-53-56-59-62-65-68-74(77)80-71-72(70-79-73(76)67-64-61-58-55-52-21-18-15-12-9-6-3)81-75(78)69-66-63-60-57-54-51-49-47-45-42-31-29-27-25-23-20-17-14-11-8-5-2/h28-31,72H,4-27,32-71H2,1-3H3/b30-28-,31-29-.